The zero-order valence-electron chi connectivity index (χ0n) is 12.2. The molecule has 1 aliphatic rings. The Morgan fingerprint density at radius 3 is 2.81 bits per heavy atom. The van der Waals surface area contributed by atoms with Crippen molar-refractivity contribution < 1.29 is 4.39 Å². The molecule has 0 spiro atoms. The van der Waals surface area contributed by atoms with Gasteiger partial charge < -0.3 is 5.73 Å². The molecule has 0 unspecified atom stereocenters. The van der Waals surface area contributed by atoms with Crippen molar-refractivity contribution in [2.24, 2.45) is 11.7 Å². The minimum absolute atomic E-state index is 0.310. The van der Waals surface area contributed by atoms with E-state index >= 15 is 0 Å². The Morgan fingerprint density at radius 2 is 2.14 bits per heavy atom. The molecule has 1 saturated carbocycles. The summed E-state index contributed by atoms with van der Waals surface area (Å²) in [5.41, 5.74) is 7.75. The van der Waals surface area contributed by atoms with E-state index in [1.165, 1.54) is 31.5 Å². The van der Waals surface area contributed by atoms with Crippen molar-refractivity contribution in [3.63, 3.8) is 0 Å². The highest BCUT2D eigenvalue weighted by molar-refractivity contribution is 7.10. The van der Waals surface area contributed by atoms with E-state index in [-0.39, 0.29) is 11.4 Å². The summed E-state index contributed by atoms with van der Waals surface area (Å²) >= 11 is 1.58. The average molecular weight is 305 g/mol. The number of nitrogens with two attached hydrogens (primary N) is 1. The molecule has 2 aromatic rings. The number of thiazole rings is 1. The Morgan fingerprint density at radius 1 is 1.38 bits per heavy atom. The van der Waals surface area contributed by atoms with Crippen LogP contribution in [0.1, 0.15) is 44.0 Å². The lowest BCUT2D eigenvalue weighted by Gasteiger charge is -2.35. The van der Waals surface area contributed by atoms with Gasteiger partial charge in [0.1, 0.15) is 10.8 Å². The highest BCUT2D eigenvalue weighted by Crippen LogP contribution is 2.40. The third-order valence-corrected chi connectivity index (χ3v) is 5.57. The first kappa shape index (κ1) is 14.6. The number of hydrogen-bond acceptors (Lipinski definition) is 4. The third kappa shape index (κ3) is 2.99. The number of nitrogens with zero attached hydrogens (tertiary/aromatic N) is 2. The van der Waals surface area contributed by atoms with Gasteiger partial charge in [-0.25, -0.2) is 9.37 Å². The van der Waals surface area contributed by atoms with Crippen LogP contribution in [0.5, 0.6) is 0 Å². The monoisotopic (exact) mass is 305 g/mol. The van der Waals surface area contributed by atoms with Gasteiger partial charge in [-0.2, -0.15) is 0 Å². The number of halogens is 1. The van der Waals surface area contributed by atoms with Gasteiger partial charge in [-0.1, -0.05) is 13.3 Å². The fraction of sp³-hybridized carbons (Fsp3) is 0.500. The summed E-state index contributed by atoms with van der Waals surface area (Å²) < 4.78 is 13.3. The summed E-state index contributed by atoms with van der Waals surface area (Å²) in [4.78, 5) is 8.53. The topological polar surface area (TPSA) is 51.8 Å². The lowest BCUT2D eigenvalue weighted by Crippen LogP contribution is -2.40. The molecule has 2 aromatic heterocycles. The van der Waals surface area contributed by atoms with E-state index in [4.69, 9.17) is 5.73 Å². The van der Waals surface area contributed by atoms with Gasteiger partial charge in [0.2, 0.25) is 0 Å². The van der Waals surface area contributed by atoms with E-state index in [0.717, 1.165) is 29.5 Å². The van der Waals surface area contributed by atoms with Gasteiger partial charge in [0, 0.05) is 17.1 Å². The second-order valence-electron chi connectivity index (χ2n) is 5.94. The van der Waals surface area contributed by atoms with Crippen LogP contribution in [0.4, 0.5) is 4.39 Å². The summed E-state index contributed by atoms with van der Waals surface area (Å²) in [6.07, 6.45) is 8.38. The smallest absolute Gasteiger partial charge is 0.142 e. The highest BCUT2D eigenvalue weighted by Gasteiger charge is 2.35. The van der Waals surface area contributed by atoms with Crippen molar-refractivity contribution in [2.45, 2.75) is 44.6 Å². The van der Waals surface area contributed by atoms with Crippen LogP contribution in [0.15, 0.2) is 23.8 Å². The van der Waals surface area contributed by atoms with Gasteiger partial charge in [-0.3, -0.25) is 4.98 Å². The second kappa shape index (κ2) is 5.81. The van der Waals surface area contributed by atoms with Crippen LogP contribution >= 0.6 is 11.3 Å². The van der Waals surface area contributed by atoms with Crippen LogP contribution in [-0.4, -0.2) is 9.97 Å². The van der Waals surface area contributed by atoms with Crippen molar-refractivity contribution in [1.29, 1.82) is 0 Å². The molecule has 112 valence electrons. The van der Waals surface area contributed by atoms with Crippen LogP contribution < -0.4 is 5.73 Å². The maximum absolute atomic E-state index is 13.3. The van der Waals surface area contributed by atoms with Crippen LogP contribution in [0.25, 0.3) is 11.3 Å². The van der Waals surface area contributed by atoms with Gasteiger partial charge in [0.25, 0.3) is 0 Å². The van der Waals surface area contributed by atoms with Gasteiger partial charge >= 0.3 is 0 Å². The molecule has 0 saturated heterocycles. The molecule has 0 radical (unpaired) electrons. The first-order valence-electron chi connectivity index (χ1n) is 7.46. The molecule has 2 N–H and O–H groups in total. The summed E-state index contributed by atoms with van der Waals surface area (Å²) in [7, 11) is 0. The molecule has 0 bridgehead atoms. The van der Waals surface area contributed by atoms with Gasteiger partial charge in [-0.15, -0.1) is 11.3 Å². The molecule has 0 aliphatic heterocycles. The summed E-state index contributed by atoms with van der Waals surface area (Å²) in [6.45, 7) is 2.24. The number of pyridine rings is 1. The molecule has 3 nitrogen and oxygen atoms in total. The predicted octanol–water partition coefficient (Wildman–Crippen LogP) is 4.10. The number of aromatic nitrogens is 2. The highest BCUT2D eigenvalue weighted by atomic mass is 32.1. The fourth-order valence-electron chi connectivity index (χ4n) is 3.00. The Hall–Kier alpha value is -1.33. The van der Waals surface area contributed by atoms with Gasteiger partial charge in [-0.05, 0) is 37.7 Å². The molecule has 0 amide bonds. The van der Waals surface area contributed by atoms with E-state index in [9.17, 15) is 4.39 Å². The minimum Gasteiger partial charge on any atom is -0.319 e. The van der Waals surface area contributed by atoms with Crippen molar-refractivity contribution in [3.05, 3.63) is 34.7 Å². The third-order valence-electron chi connectivity index (χ3n) is 4.51. The second-order valence-corrected chi connectivity index (χ2v) is 6.80. The van der Waals surface area contributed by atoms with E-state index in [2.05, 4.69) is 16.9 Å². The first-order valence-corrected chi connectivity index (χ1v) is 8.34. The van der Waals surface area contributed by atoms with Crippen molar-refractivity contribution >= 4 is 11.3 Å². The molecular formula is C16H20FN3S. The van der Waals surface area contributed by atoms with Gasteiger partial charge in [0.15, 0.2) is 0 Å². The van der Waals surface area contributed by atoms with Crippen LogP contribution in [0.3, 0.4) is 0 Å². The Bertz CT molecular complexity index is 617. The molecule has 0 atom stereocenters. The zero-order chi connectivity index (χ0) is 14.9. The van der Waals surface area contributed by atoms with Crippen molar-refractivity contribution in [3.8, 4) is 11.3 Å². The van der Waals surface area contributed by atoms with Crippen LogP contribution in [0, 0.1) is 11.7 Å². The van der Waals surface area contributed by atoms with Crippen LogP contribution in [-0.2, 0) is 5.54 Å². The van der Waals surface area contributed by atoms with E-state index < -0.39 is 0 Å². The van der Waals surface area contributed by atoms with E-state index in [1.807, 2.05) is 5.38 Å². The molecule has 1 aliphatic carbocycles. The first-order chi connectivity index (χ1) is 10.1. The minimum atomic E-state index is -0.340. The largest absolute Gasteiger partial charge is 0.319 e. The number of rotatable bonds is 3. The molecule has 5 heteroatoms. The Kier molecular flexibility index (Phi) is 4.04. The SMILES string of the molecule is CCC1CCC(N)(c2nc(-c3cncc(F)c3)cs2)CC1. The number of hydrogen-bond donors (Lipinski definition) is 1. The van der Waals surface area contributed by atoms with E-state index in [0.29, 0.717) is 5.56 Å². The molecule has 3 rings (SSSR count). The molecule has 1 fully saturated rings. The Labute approximate surface area is 128 Å². The standard InChI is InChI=1S/C16H20FN3S/c1-2-11-3-5-16(18,6-4-11)15-20-14(10-21-15)12-7-13(17)9-19-8-12/h7-11H,2-6,18H2,1H3. The zero-order valence-corrected chi connectivity index (χ0v) is 13.0. The van der Waals surface area contributed by atoms with Crippen molar-refractivity contribution in [1.82, 2.24) is 9.97 Å². The maximum atomic E-state index is 13.3. The molecule has 0 aromatic carbocycles. The quantitative estimate of drug-likeness (QED) is 0.929. The van der Waals surface area contributed by atoms with Crippen molar-refractivity contribution in [2.75, 3.05) is 0 Å². The van der Waals surface area contributed by atoms with Crippen LogP contribution in [0.2, 0.25) is 0 Å². The lowest BCUT2D eigenvalue weighted by molar-refractivity contribution is 0.231. The maximum Gasteiger partial charge on any atom is 0.142 e. The Balaban J connectivity index is 1.82. The summed E-state index contributed by atoms with van der Waals surface area (Å²) in [6, 6.07) is 1.46. The normalized spacial score (nSPS) is 26.0. The average Bonchev–Trinajstić information content (AvgIpc) is 2.99. The van der Waals surface area contributed by atoms with Gasteiger partial charge in [0.05, 0.1) is 17.4 Å². The van der Waals surface area contributed by atoms with E-state index in [1.54, 1.807) is 17.5 Å². The predicted molar refractivity (Wildman–Crippen MR) is 83.4 cm³/mol. The lowest BCUT2D eigenvalue weighted by atomic mass is 9.76. The summed E-state index contributed by atoms with van der Waals surface area (Å²) in [5.74, 6) is 0.460. The fourth-order valence-corrected chi connectivity index (χ4v) is 4.00. The molecule has 2 heterocycles. The molecule has 21 heavy (non-hydrogen) atoms. The summed E-state index contributed by atoms with van der Waals surface area (Å²) in [5, 5.41) is 2.92. The molecular weight excluding hydrogens is 285 g/mol.